The van der Waals surface area contributed by atoms with Crippen molar-refractivity contribution < 1.29 is 22.7 Å². The molecule has 4 aromatic carbocycles. The van der Waals surface area contributed by atoms with Gasteiger partial charge in [0.05, 0.1) is 11.9 Å². The van der Waals surface area contributed by atoms with Crippen molar-refractivity contribution in [3.05, 3.63) is 131 Å². The zero-order valence-corrected chi connectivity index (χ0v) is 27.6. The number of unbranched alkanes of at least 4 members (excludes halogenated alkanes) is 1. The van der Waals surface area contributed by atoms with Gasteiger partial charge in [-0.1, -0.05) is 98.3 Å². The number of rotatable bonds is 16. The highest BCUT2D eigenvalue weighted by atomic mass is 32.2. The number of ether oxygens (including phenoxy) is 1. The molecule has 8 nitrogen and oxygen atoms in total. The minimum Gasteiger partial charge on any atom is -0.489 e. The van der Waals surface area contributed by atoms with Crippen LogP contribution in [-0.4, -0.2) is 50.5 Å². The minimum absolute atomic E-state index is 0.147. The maximum Gasteiger partial charge on any atom is 0.244 e. The molecule has 1 atom stereocenters. The molecule has 0 radical (unpaired) electrons. The van der Waals surface area contributed by atoms with Gasteiger partial charge >= 0.3 is 0 Å². The SMILES string of the molecule is CCCCNC(=O)C(Cc1ccccc1)N(Cc1ccccc1C)C(=O)CN(c1ccc(OCc2ccccc2)cc1)S(C)(=O)=O. The number of anilines is 1. The molecule has 2 amide bonds. The predicted molar refractivity (Wildman–Crippen MR) is 183 cm³/mol. The van der Waals surface area contributed by atoms with Crippen LogP contribution < -0.4 is 14.4 Å². The number of carbonyl (C=O) groups is 2. The number of nitrogens with zero attached hydrogens (tertiary/aromatic N) is 2. The molecule has 4 aromatic rings. The van der Waals surface area contributed by atoms with E-state index >= 15 is 0 Å². The van der Waals surface area contributed by atoms with Gasteiger partial charge in [0.15, 0.2) is 0 Å². The molecule has 9 heteroatoms. The molecule has 0 bridgehead atoms. The number of benzene rings is 4. The molecule has 0 aliphatic carbocycles. The fraction of sp³-hybridized carbons (Fsp3) is 0.297. The molecule has 46 heavy (non-hydrogen) atoms. The molecule has 0 saturated carbocycles. The quantitative estimate of drug-likeness (QED) is 0.154. The van der Waals surface area contributed by atoms with Gasteiger partial charge in [0.1, 0.15) is 24.9 Å². The molecule has 0 spiro atoms. The molecule has 242 valence electrons. The van der Waals surface area contributed by atoms with Gasteiger partial charge in [0, 0.05) is 19.5 Å². The number of amides is 2. The second kappa shape index (κ2) is 16.6. The van der Waals surface area contributed by atoms with Crippen LogP contribution in [0.25, 0.3) is 0 Å². The van der Waals surface area contributed by atoms with E-state index in [-0.39, 0.29) is 18.9 Å². The predicted octanol–water partition coefficient (Wildman–Crippen LogP) is 5.90. The van der Waals surface area contributed by atoms with Crippen molar-refractivity contribution in [1.29, 1.82) is 0 Å². The lowest BCUT2D eigenvalue weighted by molar-refractivity contribution is -0.140. The summed E-state index contributed by atoms with van der Waals surface area (Å²) in [6.07, 6.45) is 3.07. The Kier molecular flexibility index (Phi) is 12.4. The first kappa shape index (κ1) is 34.2. The Labute approximate surface area is 273 Å². The minimum atomic E-state index is -3.87. The van der Waals surface area contributed by atoms with E-state index in [0.29, 0.717) is 24.6 Å². The standard InChI is InChI=1S/C37H43N3O5S/c1-4-5-24-38-37(42)35(25-30-15-8-6-9-16-30)39(26-32-19-13-12-14-29(32)2)36(41)27-40(46(3,43)44)33-20-22-34(23-21-33)45-28-31-17-10-7-11-18-31/h6-23,35H,4-5,24-28H2,1-3H3,(H,38,42). The van der Waals surface area contributed by atoms with Crippen molar-refractivity contribution in [2.45, 2.75) is 52.3 Å². The van der Waals surface area contributed by atoms with Crippen LogP contribution in [0.1, 0.15) is 42.0 Å². The van der Waals surface area contributed by atoms with E-state index in [2.05, 4.69) is 5.32 Å². The first-order valence-electron chi connectivity index (χ1n) is 15.6. The Bertz CT molecular complexity index is 1660. The summed E-state index contributed by atoms with van der Waals surface area (Å²) in [4.78, 5) is 29.6. The Hall–Kier alpha value is -4.63. The highest BCUT2D eigenvalue weighted by Gasteiger charge is 2.33. The molecule has 0 aliphatic heterocycles. The molecule has 0 aromatic heterocycles. The van der Waals surface area contributed by atoms with Crippen LogP contribution in [0.5, 0.6) is 5.75 Å². The third-order valence-electron chi connectivity index (χ3n) is 7.75. The first-order valence-corrected chi connectivity index (χ1v) is 17.4. The number of aryl methyl sites for hydroxylation is 1. The zero-order chi connectivity index (χ0) is 32.9. The third-order valence-corrected chi connectivity index (χ3v) is 8.90. The Morgan fingerprint density at radius 2 is 1.43 bits per heavy atom. The van der Waals surface area contributed by atoms with E-state index < -0.39 is 28.5 Å². The van der Waals surface area contributed by atoms with Gasteiger partial charge in [-0.3, -0.25) is 13.9 Å². The van der Waals surface area contributed by atoms with E-state index in [1.54, 1.807) is 24.3 Å². The maximum atomic E-state index is 14.3. The van der Waals surface area contributed by atoms with Crippen LogP contribution in [0.2, 0.25) is 0 Å². The van der Waals surface area contributed by atoms with E-state index in [4.69, 9.17) is 4.74 Å². The maximum absolute atomic E-state index is 14.3. The van der Waals surface area contributed by atoms with Crippen LogP contribution in [0.3, 0.4) is 0 Å². The van der Waals surface area contributed by atoms with Gasteiger partial charge in [0.25, 0.3) is 0 Å². The summed E-state index contributed by atoms with van der Waals surface area (Å²) >= 11 is 0. The van der Waals surface area contributed by atoms with Gasteiger partial charge in [0.2, 0.25) is 21.8 Å². The number of nitrogens with one attached hydrogen (secondary N) is 1. The Morgan fingerprint density at radius 1 is 0.826 bits per heavy atom. The highest BCUT2D eigenvalue weighted by Crippen LogP contribution is 2.24. The van der Waals surface area contributed by atoms with Crippen molar-refractivity contribution in [1.82, 2.24) is 10.2 Å². The molecule has 1 N–H and O–H groups in total. The first-order chi connectivity index (χ1) is 22.2. The largest absolute Gasteiger partial charge is 0.489 e. The summed E-state index contributed by atoms with van der Waals surface area (Å²) in [5, 5.41) is 3.01. The Morgan fingerprint density at radius 3 is 2.04 bits per heavy atom. The Balaban J connectivity index is 1.64. The van der Waals surface area contributed by atoms with Gasteiger partial charge in [-0.25, -0.2) is 8.42 Å². The molecule has 1 unspecified atom stereocenters. The smallest absolute Gasteiger partial charge is 0.244 e. The number of hydrogen-bond donors (Lipinski definition) is 1. The summed E-state index contributed by atoms with van der Waals surface area (Å²) < 4.78 is 33.2. The van der Waals surface area contributed by atoms with E-state index in [1.165, 1.54) is 4.90 Å². The van der Waals surface area contributed by atoms with Crippen molar-refractivity contribution in [2.75, 3.05) is 23.7 Å². The van der Waals surface area contributed by atoms with Gasteiger partial charge in [-0.15, -0.1) is 0 Å². The average molecular weight is 642 g/mol. The molecular weight excluding hydrogens is 598 g/mol. The lowest BCUT2D eigenvalue weighted by Gasteiger charge is -2.34. The molecule has 4 rings (SSSR count). The molecule has 0 aliphatic rings. The zero-order valence-electron chi connectivity index (χ0n) is 26.8. The topological polar surface area (TPSA) is 96.0 Å². The van der Waals surface area contributed by atoms with Crippen LogP contribution in [-0.2, 0) is 39.2 Å². The van der Waals surface area contributed by atoms with Crippen molar-refractivity contribution in [3.63, 3.8) is 0 Å². The average Bonchev–Trinajstić information content (AvgIpc) is 3.06. The monoisotopic (exact) mass is 641 g/mol. The van der Waals surface area contributed by atoms with Crippen LogP contribution in [0.15, 0.2) is 109 Å². The van der Waals surface area contributed by atoms with Crippen molar-refractivity contribution in [2.24, 2.45) is 0 Å². The fourth-order valence-corrected chi connectivity index (χ4v) is 5.94. The lowest BCUT2D eigenvalue weighted by atomic mass is 10.0. The lowest BCUT2D eigenvalue weighted by Crippen LogP contribution is -2.53. The van der Waals surface area contributed by atoms with E-state index in [9.17, 15) is 18.0 Å². The van der Waals surface area contributed by atoms with E-state index in [0.717, 1.165) is 45.7 Å². The van der Waals surface area contributed by atoms with Crippen LogP contribution in [0.4, 0.5) is 5.69 Å². The highest BCUT2D eigenvalue weighted by molar-refractivity contribution is 7.92. The summed E-state index contributed by atoms with van der Waals surface area (Å²) in [5.41, 5.74) is 4.07. The normalized spacial score (nSPS) is 11.8. The van der Waals surface area contributed by atoms with Crippen LogP contribution in [0, 0.1) is 6.92 Å². The van der Waals surface area contributed by atoms with Crippen molar-refractivity contribution in [3.8, 4) is 5.75 Å². The summed E-state index contributed by atoms with van der Waals surface area (Å²) in [6.45, 7) is 4.53. The van der Waals surface area contributed by atoms with Gasteiger partial charge < -0.3 is 15.0 Å². The second-order valence-electron chi connectivity index (χ2n) is 11.3. The van der Waals surface area contributed by atoms with Gasteiger partial charge in [-0.05, 0) is 59.9 Å². The number of carbonyl (C=O) groups excluding carboxylic acids is 2. The molecule has 0 saturated heterocycles. The number of hydrogen-bond acceptors (Lipinski definition) is 5. The van der Waals surface area contributed by atoms with Crippen molar-refractivity contribution >= 4 is 27.5 Å². The molecule has 0 heterocycles. The molecular formula is C37H43N3O5S. The summed E-state index contributed by atoms with van der Waals surface area (Å²) in [5.74, 6) is -0.185. The number of sulfonamides is 1. The van der Waals surface area contributed by atoms with E-state index in [1.807, 2.05) is 98.8 Å². The fourth-order valence-electron chi connectivity index (χ4n) is 5.09. The van der Waals surface area contributed by atoms with Crippen LogP contribution >= 0.6 is 0 Å². The molecule has 0 fully saturated rings. The second-order valence-corrected chi connectivity index (χ2v) is 13.2. The summed E-state index contributed by atoms with van der Waals surface area (Å²) in [7, 11) is -3.87. The third kappa shape index (κ3) is 9.94. The summed E-state index contributed by atoms with van der Waals surface area (Å²) in [6, 6.07) is 32.7. The van der Waals surface area contributed by atoms with Gasteiger partial charge in [-0.2, -0.15) is 0 Å².